The van der Waals surface area contributed by atoms with Gasteiger partial charge >= 0.3 is 6.18 Å². The molecule has 0 saturated heterocycles. The summed E-state index contributed by atoms with van der Waals surface area (Å²) in [6, 6.07) is 6.73. The molecule has 4 nitrogen and oxygen atoms in total. The first-order chi connectivity index (χ1) is 9.28. The van der Waals surface area contributed by atoms with Crippen molar-refractivity contribution in [3.8, 4) is 0 Å². The van der Waals surface area contributed by atoms with Gasteiger partial charge in [-0.25, -0.2) is 0 Å². The van der Waals surface area contributed by atoms with Crippen LogP contribution >= 0.6 is 11.3 Å². The first-order valence-electron chi connectivity index (χ1n) is 5.35. The summed E-state index contributed by atoms with van der Waals surface area (Å²) in [4.78, 5) is 9.53. The number of thiophene rings is 1. The molecule has 0 fully saturated rings. The van der Waals surface area contributed by atoms with Crippen molar-refractivity contribution in [2.45, 2.75) is 11.8 Å². The van der Waals surface area contributed by atoms with Crippen LogP contribution in [-0.2, 0) is 5.60 Å². The van der Waals surface area contributed by atoms with Crippen molar-refractivity contribution in [1.82, 2.24) is 0 Å². The number of nitrogens with zero attached hydrogens (tertiary/aromatic N) is 1. The highest BCUT2D eigenvalue weighted by molar-refractivity contribution is 7.10. The Balaban J connectivity index is 2.75. The van der Waals surface area contributed by atoms with Gasteiger partial charge in [0.2, 0.25) is 5.60 Å². The molecule has 0 amide bonds. The largest absolute Gasteiger partial charge is 0.426 e. The van der Waals surface area contributed by atoms with Gasteiger partial charge in [-0.05, 0) is 17.5 Å². The zero-order chi connectivity index (χ0) is 15.0. The van der Waals surface area contributed by atoms with Crippen LogP contribution in [0.2, 0.25) is 0 Å². The van der Waals surface area contributed by atoms with Crippen LogP contribution in [-0.4, -0.2) is 16.2 Å². The van der Waals surface area contributed by atoms with E-state index in [1.165, 1.54) is 23.6 Å². The Morgan fingerprint density at radius 1 is 1.15 bits per heavy atom. The number of nitro groups is 1. The molecule has 0 radical (unpaired) electrons. The number of hydrogen-bond acceptors (Lipinski definition) is 4. The molecule has 2 aromatic rings. The third-order valence-electron chi connectivity index (χ3n) is 2.78. The summed E-state index contributed by atoms with van der Waals surface area (Å²) >= 11 is 0.679. The monoisotopic (exact) mass is 303 g/mol. The molecule has 0 saturated carbocycles. The molecule has 2 rings (SSSR count). The first kappa shape index (κ1) is 14.5. The van der Waals surface area contributed by atoms with Crippen LogP contribution in [0.4, 0.5) is 18.9 Å². The third-order valence-corrected chi connectivity index (χ3v) is 3.76. The van der Waals surface area contributed by atoms with Crippen LogP contribution < -0.4 is 0 Å². The van der Waals surface area contributed by atoms with Gasteiger partial charge in [-0.15, -0.1) is 11.3 Å². The summed E-state index contributed by atoms with van der Waals surface area (Å²) in [5.41, 5.74) is -4.97. The highest BCUT2D eigenvalue weighted by atomic mass is 32.1. The zero-order valence-corrected chi connectivity index (χ0v) is 10.6. The fourth-order valence-electron chi connectivity index (χ4n) is 1.85. The summed E-state index contributed by atoms with van der Waals surface area (Å²) < 4.78 is 40.0. The van der Waals surface area contributed by atoms with E-state index >= 15 is 0 Å². The van der Waals surface area contributed by atoms with E-state index in [1.54, 1.807) is 0 Å². The molecule has 1 unspecified atom stereocenters. The molecule has 1 aromatic heterocycles. The van der Waals surface area contributed by atoms with Crippen LogP contribution in [0.3, 0.4) is 0 Å². The van der Waals surface area contributed by atoms with Crippen LogP contribution in [0.25, 0.3) is 0 Å². The number of para-hydroxylation sites is 1. The highest BCUT2D eigenvalue weighted by Gasteiger charge is 2.59. The van der Waals surface area contributed by atoms with Gasteiger partial charge in [0.1, 0.15) is 0 Å². The minimum Gasteiger partial charge on any atom is -0.371 e. The lowest BCUT2D eigenvalue weighted by atomic mass is 9.90. The first-order valence-corrected chi connectivity index (χ1v) is 6.23. The number of aliphatic hydroxyl groups is 1. The van der Waals surface area contributed by atoms with Crippen molar-refractivity contribution < 1.29 is 23.2 Å². The van der Waals surface area contributed by atoms with Gasteiger partial charge in [-0.2, -0.15) is 13.2 Å². The SMILES string of the molecule is O=[N+]([O-])c1ccccc1C(O)(c1cccs1)C(F)(F)F. The zero-order valence-electron chi connectivity index (χ0n) is 9.79. The van der Waals surface area contributed by atoms with Crippen LogP contribution in [0, 0.1) is 10.1 Å². The molecular weight excluding hydrogens is 295 g/mol. The van der Waals surface area contributed by atoms with E-state index in [0.29, 0.717) is 11.3 Å². The van der Waals surface area contributed by atoms with Gasteiger partial charge in [0.05, 0.1) is 15.4 Å². The lowest BCUT2D eigenvalue weighted by molar-refractivity contribution is -0.388. The number of halogens is 3. The van der Waals surface area contributed by atoms with E-state index in [0.717, 1.165) is 18.2 Å². The maximum absolute atomic E-state index is 13.3. The number of alkyl halides is 3. The van der Waals surface area contributed by atoms with Gasteiger partial charge < -0.3 is 5.11 Å². The summed E-state index contributed by atoms with van der Waals surface area (Å²) in [7, 11) is 0. The Morgan fingerprint density at radius 2 is 1.80 bits per heavy atom. The molecule has 8 heteroatoms. The molecule has 0 aliphatic rings. The van der Waals surface area contributed by atoms with Gasteiger partial charge in [-0.1, -0.05) is 18.2 Å². The van der Waals surface area contributed by atoms with Crippen molar-refractivity contribution in [3.05, 3.63) is 62.3 Å². The van der Waals surface area contributed by atoms with Gasteiger partial charge in [0, 0.05) is 6.07 Å². The van der Waals surface area contributed by atoms with Crippen molar-refractivity contribution in [3.63, 3.8) is 0 Å². The lowest BCUT2D eigenvalue weighted by Crippen LogP contribution is -2.43. The van der Waals surface area contributed by atoms with E-state index in [-0.39, 0.29) is 0 Å². The van der Waals surface area contributed by atoms with E-state index < -0.39 is 32.8 Å². The molecule has 1 atom stereocenters. The van der Waals surface area contributed by atoms with Crippen molar-refractivity contribution in [1.29, 1.82) is 0 Å². The van der Waals surface area contributed by atoms with Crippen molar-refractivity contribution in [2.24, 2.45) is 0 Å². The van der Waals surface area contributed by atoms with Crippen molar-refractivity contribution in [2.75, 3.05) is 0 Å². The summed E-state index contributed by atoms with van der Waals surface area (Å²) in [5, 5.41) is 22.4. The Morgan fingerprint density at radius 3 is 2.30 bits per heavy atom. The minimum atomic E-state index is -5.08. The maximum atomic E-state index is 13.3. The Kier molecular flexibility index (Phi) is 3.53. The lowest BCUT2D eigenvalue weighted by Gasteiger charge is -2.29. The predicted octanol–water partition coefficient (Wildman–Crippen LogP) is 3.45. The van der Waals surface area contributed by atoms with Gasteiger partial charge in [-0.3, -0.25) is 10.1 Å². The molecule has 1 aromatic carbocycles. The predicted molar refractivity (Wildman–Crippen MR) is 66.5 cm³/mol. The second kappa shape index (κ2) is 4.88. The summed E-state index contributed by atoms with van der Waals surface area (Å²) in [6.07, 6.45) is -5.08. The van der Waals surface area contributed by atoms with Crippen LogP contribution in [0.5, 0.6) is 0 Å². The smallest absolute Gasteiger partial charge is 0.371 e. The quantitative estimate of drug-likeness (QED) is 0.697. The molecule has 106 valence electrons. The number of rotatable bonds is 3. The fourth-order valence-corrected chi connectivity index (χ4v) is 2.71. The summed E-state index contributed by atoms with van der Waals surface area (Å²) in [5.74, 6) is 0. The normalized spacial score (nSPS) is 14.8. The molecule has 20 heavy (non-hydrogen) atoms. The van der Waals surface area contributed by atoms with Crippen LogP contribution in [0.1, 0.15) is 10.4 Å². The van der Waals surface area contributed by atoms with E-state index in [9.17, 15) is 28.4 Å². The molecule has 0 bridgehead atoms. The van der Waals surface area contributed by atoms with E-state index in [1.807, 2.05) is 0 Å². The molecular formula is C12H8F3NO3S. The number of hydrogen-bond donors (Lipinski definition) is 1. The topological polar surface area (TPSA) is 63.4 Å². The van der Waals surface area contributed by atoms with E-state index in [4.69, 9.17) is 0 Å². The second-order valence-electron chi connectivity index (χ2n) is 3.96. The highest BCUT2D eigenvalue weighted by Crippen LogP contribution is 2.48. The Hall–Kier alpha value is -1.93. The number of nitro benzene ring substituents is 1. The average Bonchev–Trinajstić information content (AvgIpc) is 2.90. The number of benzene rings is 1. The van der Waals surface area contributed by atoms with Crippen molar-refractivity contribution >= 4 is 17.0 Å². The Bertz CT molecular complexity index is 627. The van der Waals surface area contributed by atoms with E-state index in [2.05, 4.69) is 0 Å². The minimum absolute atomic E-state index is 0.417. The third kappa shape index (κ3) is 2.16. The molecule has 1 heterocycles. The Labute approximate surface area is 115 Å². The fraction of sp³-hybridized carbons (Fsp3) is 0.167. The molecule has 0 aliphatic heterocycles. The molecule has 0 spiro atoms. The maximum Gasteiger partial charge on any atom is 0.426 e. The molecule has 0 aliphatic carbocycles. The molecule has 1 N–H and O–H groups in total. The standard InChI is InChI=1S/C12H8F3NO3S/c13-12(14,15)11(17,10-6-3-7-20-10)8-4-1-2-5-9(8)16(18)19/h1-7,17H. The van der Waals surface area contributed by atoms with Crippen LogP contribution in [0.15, 0.2) is 41.8 Å². The van der Waals surface area contributed by atoms with Gasteiger partial charge in [0.15, 0.2) is 0 Å². The van der Waals surface area contributed by atoms with Gasteiger partial charge in [0.25, 0.3) is 5.69 Å². The summed E-state index contributed by atoms with van der Waals surface area (Å²) in [6.45, 7) is 0. The average molecular weight is 303 g/mol. The second-order valence-corrected chi connectivity index (χ2v) is 4.91.